The first-order valence-corrected chi connectivity index (χ1v) is 18.5. The molecule has 2 heterocycles. The van der Waals surface area contributed by atoms with E-state index in [4.69, 9.17) is 18.9 Å². The van der Waals surface area contributed by atoms with Gasteiger partial charge in [-0.1, -0.05) is 133 Å². The maximum Gasteiger partial charge on any atom is 0.231 e. The van der Waals surface area contributed by atoms with E-state index in [1.807, 2.05) is 146 Å². The van der Waals surface area contributed by atoms with E-state index >= 15 is 9.13 Å². The van der Waals surface area contributed by atoms with Gasteiger partial charge in [0.25, 0.3) is 0 Å². The van der Waals surface area contributed by atoms with Gasteiger partial charge in [-0.05, 0) is 12.1 Å². The monoisotopic (exact) mass is 644 g/mol. The summed E-state index contributed by atoms with van der Waals surface area (Å²) in [5, 5.41) is 3.83. The second kappa shape index (κ2) is 11.7. The second-order valence-corrected chi connectivity index (χ2v) is 16.7. The molecule has 0 radical (unpaired) electrons. The van der Waals surface area contributed by atoms with E-state index in [1.54, 1.807) is 0 Å². The fraction of sp³-hybridized carbons (Fsp3) is 0.105. The number of hydrogen-bond donors (Lipinski definition) is 0. The molecule has 8 rings (SSSR count). The molecule has 8 heteroatoms. The number of rotatable bonds is 7. The maximum absolute atomic E-state index is 16.0. The van der Waals surface area contributed by atoms with Crippen LogP contribution in [0.3, 0.4) is 0 Å². The molecule has 6 nitrogen and oxygen atoms in total. The van der Waals surface area contributed by atoms with Crippen molar-refractivity contribution in [3.05, 3.63) is 156 Å². The van der Waals surface area contributed by atoms with Crippen molar-refractivity contribution in [1.29, 1.82) is 0 Å². The molecular weight excluding hydrogens is 614 g/mol. The van der Waals surface area contributed by atoms with E-state index in [2.05, 4.69) is 0 Å². The minimum atomic E-state index is -3.55. The van der Waals surface area contributed by atoms with E-state index in [0.29, 0.717) is 54.5 Å². The molecule has 0 N–H and O–H groups in total. The summed E-state index contributed by atoms with van der Waals surface area (Å²) < 4.78 is 56.5. The Labute approximate surface area is 267 Å². The Morgan fingerprint density at radius 1 is 0.543 bits per heavy atom. The lowest BCUT2D eigenvalue weighted by molar-refractivity contribution is 0.0514. The van der Waals surface area contributed by atoms with Gasteiger partial charge in [-0.3, -0.25) is 0 Å². The summed E-state index contributed by atoms with van der Waals surface area (Å²) in [5.41, 5.74) is 1.20. The molecule has 228 valence electrons. The zero-order valence-corrected chi connectivity index (χ0v) is 26.6. The van der Waals surface area contributed by atoms with Gasteiger partial charge in [0, 0.05) is 43.0 Å². The minimum absolute atomic E-state index is 0.00565. The lowest BCUT2D eigenvalue weighted by atomic mass is 9.91. The Kier molecular flexibility index (Phi) is 7.39. The molecule has 5 aromatic rings. The van der Waals surface area contributed by atoms with Crippen molar-refractivity contribution in [2.45, 2.75) is 12.2 Å². The van der Waals surface area contributed by atoms with Crippen LogP contribution >= 0.6 is 14.3 Å². The number of fused-ring (bicyclic) bond motifs is 2. The molecule has 3 aliphatic rings. The van der Waals surface area contributed by atoms with Gasteiger partial charge >= 0.3 is 0 Å². The summed E-state index contributed by atoms with van der Waals surface area (Å²) in [6.45, 7) is 0.0693. The summed E-state index contributed by atoms with van der Waals surface area (Å²) in [7, 11) is -7.09. The van der Waals surface area contributed by atoms with E-state index < -0.39 is 26.5 Å². The van der Waals surface area contributed by atoms with E-state index in [0.717, 1.165) is 0 Å². The molecule has 0 bridgehead atoms. The smallest absolute Gasteiger partial charge is 0.231 e. The van der Waals surface area contributed by atoms with Crippen LogP contribution < -0.4 is 36.0 Å². The van der Waals surface area contributed by atoms with Crippen LogP contribution in [-0.4, -0.2) is 25.8 Å². The van der Waals surface area contributed by atoms with E-state index in [9.17, 15) is 0 Å². The zero-order valence-electron chi connectivity index (χ0n) is 24.8. The van der Waals surface area contributed by atoms with Crippen molar-refractivity contribution >= 4 is 46.4 Å². The van der Waals surface area contributed by atoms with Crippen molar-refractivity contribution in [3.63, 3.8) is 0 Å². The second-order valence-electron chi connectivity index (χ2n) is 11.2. The van der Waals surface area contributed by atoms with Crippen LogP contribution in [0, 0.1) is 0 Å². The summed E-state index contributed by atoms with van der Waals surface area (Å²) in [4.78, 5) is 0. The van der Waals surface area contributed by atoms with E-state index in [1.165, 1.54) is 0 Å². The van der Waals surface area contributed by atoms with Crippen molar-refractivity contribution in [1.82, 2.24) is 0 Å². The summed E-state index contributed by atoms with van der Waals surface area (Å²) in [6, 6.07) is 41.7. The molecule has 1 fully saturated rings. The quantitative estimate of drug-likeness (QED) is 0.200. The molecule has 2 atom stereocenters. The predicted octanol–water partition coefficient (Wildman–Crippen LogP) is 6.09. The highest BCUT2D eigenvalue weighted by Crippen LogP contribution is 2.60. The molecule has 46 heavy (non-hydrogen) atoms. The lowest BCUT2D eigenvalue weighted by Crippen LogP contribution is -2.33. The minimum Gasteiger partial charge on any atom is -0.454 e. The number of benzene rings is 5. The van der Waals surface area contributed by atoms with Gasteiger partial charge < -0.3 is 28.1 Å². The molecule has 5 aromatic carbocycles. The first kappa shape index (κ1) is 29.0. The highest BCUT2D eigenvalue weighted by Gasteiger charge is 2.46. The first-order chi connectivity index (χ1) is 22.6. The van der Waals surface area contributed by atoms with Gasteiger partial charge in [0.15, 0.2) is 25.8 Å². The van der Waals surface area contributed by atoms with Crippen LogP contribution in [0.4, 0.5) is 0 Å². The fourth-order valence-corrected chi connectivity index (χ4v) is 12.4. The van der Waals surface area contributed by atoms with Crippen molar-refractivity contribution < 1.29 is 28.1 Å². The summed E-state index contributed by atoms with van der Waals surface area (Å²) in [6.07, 6.45) is 2.76. The van der Waals surface area contributed by atoms with Crippen molar-refractivity contribution in [3.8, 4) is 11.5 Å². The van der Waals surface area contributed by atoms with Gasteiger partial charge in [0.2, 0.25) is 6.79 Å². The van der Waals surface area contributed by atoms with Gasteiger partial charge in [0.05, 0.1) is 0 Å². The Morgan fingerprint density at radius 2 is 1.07 bits per heavy atom. The molecule has 2 unspecified atom stereocenters. The van der Waals surface area contributed by atoms with Crippen LogP contribution in [0.2, 0.25) is 0 Å². The molecule has 0 saturated carbocycles. The Balaban J connectivity index is 1.52. The Bertz CT molecular complexity index is 1970. The Morgan fingerprint density at radius 3 is 1.61 bits per heavy atom. The highest BCUT2D eigenvalue weighted by atomic mass is 31.2. The van der Waals surface area contributed by atoms with Crippen LogP contribution in [-0.2, 0) is 18.6 Å². The standard InChI is InChI=1S/C38H30O6P2/c39-45(27-13-5-1-6-14-27,28-15-7-2-8-16-28)33-23-21-31-37(43-25-41-31)35(33)36-34(24-22-32-38(36)44-26-42-32)46(40,29-17-9-3-10-18-29)30-19-11-4-12-20-30/h1-24,31,37H,25-26H2. The SMILES string of the molecule is O=P(C1=C(c2c(P(=O)(c3ccccc3)c3ccccc3)ccc3c2OCO3)C2OCOC2C=C1)(c1ccccc1)c1ccccc1. The molecule has 0 spiro atoms. The topological polar surface area (TPSA) is 71.1 Å². The molecule has 0 amide bonds. The predicted molar refractivity (Wildman–Crippen MR) is 182 cm³/mol. The maximum atomic E-state index is 16.0. The zero-order chi connectivity index (χ0) is 31.1. The number of allylic oxidation sites excluding steroid dienone is 2. The third-order valence-electron chi connectivity index (χ3n) is 8.76. The van der Waals surface area contributed by atoms with Crippen molar-refractivity contribution in [2.75, 3.05) is 13.6 Å². The van der Waals surface area contributed by atoms with Crippen LogP contribution in [0.1, 0.15) is 5.56 Å². The molecular formula is C38H30O6P2. The van der Waals surface area contributed by atoms with Gasteiger partial charge in [-0.25, -0.2) is 0 Å². The number of hydrogen-bond acceptors (Lipinski definition) is 6. The third-order valence-corrected chi connectivity index (χ3v) is 15.0. The van der Waals surface area contributed by atoms with E-state index in [-0.39, 0.29) is 13.6 Å². The summed E-state index contributed by atoms with van der Waals surface area (Å²) >= 11 is 0. The molecule has 1 saturated heterocycles. The number of ether oxygens (including phenoxy) is 4. The van der Waals surface area contributed by atoms with Crippen molar-refractivity contribution in [2.24, 2.45) is 0 Å². The normalized spacial score (nSPS) is 18.9. The molecule has 2 aliphatic heterocycles. The molecule has 0 aromatic heterocycles. The van der Waals surface area contributed by atoms with Gasteiger partial charge in [0.1, 0.15) is 19.0 Å². The van der Waals surface area contributed by atoms with Gasteiger partial charge in [-0.15, -0.1) is 0 Å². The summed E-state index contributed by atoms with van der Waals surface area (Å²) in [5.74, 6) is 0.979. The average molecular weight is 645 g/mol. The van der Waals surface area contributed by atoms with Crippen LogP contribution in [0.25, 0.3) is 5.57 Å². The first-order valence-electron chi connectivity index (χ1n) is 15.1. The molecule has 1 aliphatic carbocycles. The lowest BCUT2D eigenvalue weighted by Gasteiger charge is -2.33. The highest BCUT2D eigenvalue weighted by molar-refractivity contribution is 7.85. The average Bonchev–Trinajstić information content (AvgIpc) is 3.82. The van der Waals surface area contributed by atoms with Gasteiger partial charge in [-0.2, -0.15) is 0 Å². The fourth-order valence-electron chi connectivity index (χ4n) is 6.63. The Hall–Kier alpha value is -4.44. The van der Waals surface area contributed by atoms with Crippen LogP contribution in [0.5, 0.6) is 11.5 Å². The largest absolute Gasteiger partial charge is 0.454 e. The third kappa shape index (κ3) is 4.56. The van der Waals surface area contributed by atoms with Crippen LogP contribution in [0.15, 0.2) is 151 Å².